The van der Waals surface area contributed by atoms with Crippen molar-refractivity contribution < 1.29 is 27.9 Å². The van der Waals surface area contributed by atoms with Crippen LogP contribution in [-0.2, 0) is 4.79 Å². The summed E-state index contributed by atoms with van der Waals surface area (Å²) in [6, 6.07) is 10.5. The zero-order valence-corrected chi connectivity index (χ0v) is 15.4. The highest BCUT2D eigenvalue weighted by Gasteiger charge is 2.18. The minimum atomic E-state index is -0.596. The van der Waals surface area contributed by atoms with Crippen LogP contribution in [0.2, 0.25) is 0 Å². The molecule has 2 aromatic carbocycles. The van der Waals surface area contributed by atoms with Gasteiger partial charge in [0, 0.05) is 10.9 Å². The fraction of sp³-hybridized carbons (Fsp3) is 0.200. The number of hydrogen-bond donors (Lipinski definition) is 2. The van der Waals surface area contributed by atoms with E-state index in [0.717, 1.165) is 5.39 Å². The number of fused-ring (bicyclic) bond motifs is 1. The largest absolute Gasteiger partial charge is 0.494 e. The fourth-order valence-electron chi connectivity index (χ4n) is 2.57. The molecule has 3 rings (SSSR count). The Labute approximate surface area is 160 Å². The number of rotatable bonds is 6. The Morgan fingerprint density at radius 1 is 1.04 bits per heavy atom. The molecular weight excluding hydrogens is 367 g/mol. The lowest BCUT2D eigenvalue weighted by Gasteiger charge is -2.08. The van der Waals surface area contributed by atoms with Gasteiger partial charge < -0.3 is 13.9 Å². The maximum absolute atomic E-state index is 12.8. The summed E-state index contributed by atoms with van der Waals surface area (Å²) in [5, 5.41) is 0.752. The molecular formula is C20H19FN2O5. The van der Waals surface area contributed by atoms with Crippen LogP contribution in [0, 0.1) is 12.7 Å². The molecule has 0 aliphatic heterocycles. The molecule has 0 fully saturated rings. The summed E-state index contributed by atoms with van der Waals surface area (Å²) in [5.41, 5.74) is 5.70. The van der Waals surface area contributed by atoms with Crippen molar-refractivity contribution in [3.8, 4) is 11.5 Å². The van der Waals surface area contributed by atoms with E-state index in [1.165, 1.54) is 24.3 Å². The third-order valence-corrected chi connectivity index (χ3v) is 3.92. The van der Waals surface area contributed by atoms with Gasteiger partial charge in [-0.1, -0.05) is 0 Å². The Kier molecular flexibility index (Phi) is 5.78. The van der Waals surface area contributed by atoms with Crippen LogP contribution in [0.1, 0.15) is 23.0 Å². The van der Waals surface area contributed by atoms with Crippen LogP contribution in [-0.4, -0.2) is 25.0 Å². The van der Waals surface area contributed by atoms with Crippen LogP contribution in [0.4, 0.5) is 4.39 Å². The van der Waals surface area contributed by atoms with E-state index in [9.17, 15) is 14.0 Å². The van der Waals surface area contributed by atoms with Gasteiger partial charge in [-0.25, -0.2) is 4.39 Å². The molecule has 3 aromatic rings. The van der Waals surface area contributed by atoms with Crippen LogP contribution in [0.25, 0.3) is 11.0 Å². The normalized spacial score (nSPS) is 10.5. The summed E-state index contributed by atoms with van der Waals surface area (Å²) in [4.78, 5) is 24.1. The monoisotopic (exact) mass is 386 g/mol. The molecule has 0 spiro atoms. The molecule has 0 atom stereocenters. The Hall–Kier alpha value is -3.55. The van der Waals surface area contributed by atoms with E-state index in [0.29, 0.717) is 29.3 Å². The number of halogens is 1. The second-order valence-corrected chi connectivity index (χ2v) is 5.89. The van der Waals surface area contributed by atoms with E-state index in [2.05, 4.69) is 10.9 Å². The number of carbonyl (C=O) groups is 2. The predicted molar refractivity (Wildman–Crippen MR) is 99.6 cm³/mol. The van der Waals surface area contributed by atoms with Crippen molar-refractivity contribution in [1.82, 2.24) is 10.9 Å². The van der Waals surface area contributed by atoms with Crippen molar-refractivity contribution in [2.45, 2.75) is 13.8 Å². The minimum Gasteiger partial charge on any atom is -0.494 e. The molecule has 146 valence electrons. The maximum atomic E-state index is 12.8. The summed E-state index contributed by atoms with van der Waals surface area (Å²) in [5.74, 6) is -0.480. The highest BCUT2D eigenvalue weighted by Crippen LogP contribution is 2.28. The van der Waals surface area contributed by atoms with Crippen molar-refractivity contribution in [3.63, 3.8) is 0 Å². The van der Waals surface area contributed by atoms with Crippen molar-refractivity contribution in [2.24, 2.45) is 0 Å². The number of furan rings is 1. The Balaban J connectivity index is 1.58. The SMILES string of the molecule is CCOc1ccc2oc(C(=O)NNC(=O)COc3ccc(F)cc3)c(C)c2c1. The Bertz CT molecular complexity index is 998. The first-order valence-electron chi connectivity index (χ1n) is 8.61. The van der Waals surface area contributed by atoms with Gasteiger partial charge >= 0.3 is 5.91 Å². The van der Waals surface area contributed by atoms with E-state index in [-0.39, 0.29) is 12.4 Å². The van der Waals surface area contributed by atoms with Gasteiger partial charge in [0.25, 0.3) is 5.91 Å². The molecule has 0 bridgehead atoms. The van der Waals surface area contributed by atoms with Crippen LogP contribution in [0.5, 0.6) is 11.5 Å². The summed E-state index contributed by atoms with van der Waals surface area (Å²) < 4.78 is 29.1. The number of aryl methyl sites for hydroxylation is 1. The van der Waals surface area contributed by atoms with Crippen molar-refractivity contribution in [3.05, 3.63) is 59.6 Å². The number of nitrogens with one attached hydrogen (secondary N) is 2. The lowest BCUT2D eigenvalue weighted by Crippen LogP contribution is -2.43. The molecule has 0 saturated carbocycles. The van der Waals surface area contributed by atoms with Crippen molar-refractivity contribution in [2.75, 3.05) is 13.2 Å². The fourth-order valence-corrected chi connectivity index (χ4v) is 2.57. The van der Waals surface area contributed by atoms with Gasteiger partial charge in [-0.15, -0.1) is 0 Å². The van der Waals surface area contributed by atoms with Gasteiger partial charge in [0.15, 0.2) is 12.4 Å². The summed E-state index contributed by atoms with van der Waals surface area (Å²) >= 11 is 0. The van der Waals surface area contributed by atoms with E-state index >= 15 is 0 Å². The number of amides is 2. The molecule has 8 heteroatoms. The second-order valence-electron chi connectivity index (χ2n) is 5.89. The van der Waals surface area contributed by atoms with Gasteiger partial charge in [-0.2, -0.15) is 0 Å². The summed E-state index contributed by atoms with van der Waals surface area (Å²) in [6.45, 7) is 3.81. The quantitative estimate of drug-likeness (QED) is 0.636. The molecule has 0 unspecified atom stereocenters. The van der Waals surface area contributed by atoms with Crippen LogP contribution in [0.3, 0.4) is 0 Å². The van der Waals surface area contributed by atoms with Gasteiger partial charge in [0.2, 0.25) is 0 Å². The van der Waals surface area contributed by atoms with Gasteiger partial charge in [0.1, 0.15) is 22.9 Å². The summed E-state index contributed by atoms with van der Waals surface area (Å²) in [6.07, 6.45) is 0. The Morgan fingerprint density at radius 3 is 2.46 bits per heavy atom. The zero-order chi connectivity index (χ0) is 20.1. The van der Waals surface area contributed by atoms with E-state index in [4.69, 9.17) is 13.9 Å². The van der Waals surface area contributed by atoms with Crippen LogP contribution in [0.15, 0.2) is 46.9 Å². The second kappa shape index (κ2) is 8.43. The van der Waals surface area contributed by atoms with Crippen molar-refractivity contribution >= 4 is 22.8 Å². The van der Waals surface area contributed by atoms with E-state index < -0.39 is 17.6 Å². The topological polar surface area (TPSA) is 89.8 Å². The lowest BCUT2D eigenvalue weighted by atomic mass is 10.1. The molecule has 0 saturated heterocycles. The first-order valence-corrected chi connectivity index (χ1v) is 8.61. The number of hydrogen-bond acceptors (Lipinski definition) is 5. The zero-order valence-electron chi connectivity index (χ0n) is 15.4. The number of ether oxygens (including phenoxy) is 2. The smallest absolute Gasteiger partial charge is 0.305 e. The molecule has 28 heavy (non-hydrogen) atoms. The number of benzene rings is 2. The van der Waals surface area contributed by atoms with E-state index in [1.807, 2.05) is 6.92 Å². The van der Waals surface area contributed by atoms with E-state index in [1.54, 1.807) is 25.1 Å². The minimum absolute atomic E-state index is 0.0865. The first-order chi connectivity index (χ1) is 13.5. The standard InChI is InChI=1S/C20H19FN2O5/c1-3-26-15-8-9-17-16(10-15)12(2)19(28-17)20(25)23-22-18(24)11-27-14-6-4-13(21)5-7-14/h4-10H,3,11H2,1-2H3,(H,22,24)(H,23,25). The molecule has 7 nitrogen and oxygen atoms in total. The average molecular weight is 386 g/mol. The van der Waals surface area contributed by atoms with Gasteiger partial charge in [0.05, 0.1) is 6.61 Å². The summed E-state index contributed by atoms with van der Waals surface area (Å²) in [7, 11) is 0. The van der Waals surface area contributed by atoms with Gasteiger partial charge in [-0.3, -0.25) is 20.4 Å². The number of carbonyl (C=O) groups excluding carboxylic acids is 2. The van der Waals surface area contributed by atoms with Crippen LogP contribution >= 0.6 is 0 Å². The predicted octanol–water partition coefficient (Wildman–Crippen LogP) is 3.12. The van der Waals surface area contributed by atoms with Gasteiger partial charge in [-0.05, 0) is 56.3 Å². The maximum Gasteiger partial charge on any atom is 0.305 e. The first kappa shape index (κ1) is 19.2. The molecule has 2 amide bonds. The third-order valence-electron chi connectivity index (χ3n) is 3.92. The molecule has 1 heterocycles. The molecule has 0 aliphatic carbocycles. The van der Waals surface area contributed by atoms with Crippen molar-refractivity contribution in [1.29, 1.82) is 0 Å². The van der Waals surface area contributed by atoms with Crippen LogP contribution < -0.4 is 20.3 Å². The average Bonchev–Trinajstić information content (AvgIpc) is 3.02. The lowest BCUT2D eigenvalue weighted by molar-refractivity contribution is -0.123. The highest BCUT2D eigenvalue weighted by atomic mass is 19.1. The highest BCUT2D eigenvalue weighted by molar-refractivity contribution is 5.99. The molecule has 2 N–H and O–H groups in total. The molecule has 1 aromatic heterocycles. The third kappa shape index (κ3) is 4.40. The Morgan fingerprint density at radius 2 is 1.75 bits per heavy atom. The molecule has 0 radical (unpaired) electrons. The number of hydrazine groups is 1. The molecule has 0 aliphatic rings.